The summed E-state index contributed by atoms with van der Waals surface area (Å²) in [7, 11) is 3.06. The standard InChI is InChI=1S/C13H18F3NO3/c1-9(17-6-7-20-13(14,15)16)10-4-5-11(18-2)12(8-10)19-3/h4-5,8-9,17H,6-7H2,1-3H3. The van der Waals surface area contributed by atoms with Crippen LogP contribution in [0.5, 0.6) is 11.5 Å². The van der Waals surface area contributed by atoms with E-state index in [-0.39, 0.29) is 12.6 Å². The Morgan fingerprint density at radius 3 is 2.35 bits per heavy atom. The number of benzene rings is 1. The van der Waals surface area contributed by atoms with Crippen molar-refractivity contribution in [2.45, 2.75) is 19.3 Å². The first kappa shape index (κ1) is 16.6. The third-order valence-corrected chi connectivity index (χ3v) is 2.73. The molecule has 4 nitrogen and oxygen atoms in total. The maximum Gasteiger partial charge on any atom is 0.522 e. The highest BCUT2D eigenvalue weighted by Crippen LogP contribution is 2.29. The lowest BCUT2D eigenvalue weighted by atomic mass is 10.1. The van der Waals surface area contributed by atoms with Gasteiger partial charge in [0.2, 0.25) is 0 Å². The Balaban J connectivity index is 2.53. The van der Waals surface area contributed by atoms with Crippen LogP contribution in [0.1, 0.15) is 18.5 Å². The lowest BCUT2D eigenvalue weighted by molar-refractivity contribution is -0.323. The van der Waals surface area contributed by atoms with Crippen LogP contribution in [0.2, 0.25) is 0 Å². The summed E-state index contributed by atoms with van der Waals surface area (Å²) in [5.74, 6) is 1.18. The quantitative estimate of drug-likeness (QED) is 0.785. The molecule has 1 N–H and O–H groups in total. The zero-order valence-electron chi connectivity index (χ0n) is 11.6. The summed E-state index contributed by atoms with van der Waals surface area (Å²) < 4.78 is 49.4. The van der Waals surface area contributed by atoms with E-state index < -0.39 is 13.0 Å². The summed E-state index contributed by atoms with van der Waals surface area (Å²) in [4.78, 5) is 0. The Hall–Kier alpha value is -1.47. The van der Waals surface area contributed by atoms with Gasteiger partial charge in [0, 0.05) is 12.6 Å². The molecule has 1 aromatic carbocycles. The van der Waals surface area contributed by atoms with E-state index in [1.54, 1.807) is 12.1 Å². The minimum Gasteiger partial charge on any atom is -0.493 e. The lowest BCUT2D eigenvalue weighted by Crippen LogP contribution is -2.26. The van der Waals surface area contributed by atoms with E-state index in [9.17, 15) is 13.2 Å². The van der Waals surface area contributed by atoms with Gasteiger partial charge in [0.25, 0.3) is 0 Å². The van der Waals surface area contributed by atoms with E-state index >= 15 is 0 Å². The van der Waals surface area contributed by atoms with E-state index in [2.05, 4.69) is 10.1 Å². The number of methoxy groups -OCH3 is 2. The van der Waals surface area contributed by atoms with Crippen molar-refractivity contribution in [1.82, 2.24) is 5.32 Å². The van der Waals surface area contributed by atoms with Crippen molar-refractivity contribution in [2.75, 3.05) is 27.4 Å². The molecule has 0 fully saturated rings. The van der Waals surface area contributed by atoms with E-state index in [1.165, 1.54) is 14.2 Å². The molecular weight excluding hydrogens is 275 g/mol. The maximum atomic E-state index is 11.8. The summed E-state index contributed by atoms with van der Waals surface area (Å²) in [6.07, 6.45) is -4.59. The highest BCUT2D eigenvalue weighted by molar-refractivity contribution is 5.43. The van der Waals surface area contributed by atoms with Crippen molar-refractivity contribution in [3.05, 3.63) is 23.8 Å². The summed E-state index contributed by atoms with van der Waals surface area (Å²) in [5, 5.41) is 2.94. The van der Waals surface area contributed by atoms with Gasteiger partial charge in [-0.3, -0.25) is 4.74 Å². The van der Waals surface area contributed by atoms with Crippen LogP contribution < -0.4 is 14.8 Å². The third kappa shape index (κ3) is 5.26. The topological polar surface area (TPSA) is 39.7 Å². The molecule has 0 heterocycles. The molecule has 1 atom stereocenters. The van der Waals surface area contributed by atoms with Gasteiger partial charge < -0.3 is 14.8 Å². The van der Waals surface area contributed by atoms with Crippen LogP contribution in [0.3, 0.4) is 0 Å². The van der Waals surface area contributed by atoms with E-state index in [1.807, 2.05) is 13.0 Å². The summed E-state index contributed by atoms with van der Waals surface area (Å²) in [6, 6.07) is 5.22. The summed E-state index contributed by atoms with van der Waals surface area (Å²) >= 11 is 0. The second-order valence-corrected chi connectivity index (χ2v) is 4.08. The molecule has 1 unspecified atom stereocenters. The molecule has 1 rings (SSSR count). The Bertz CT molecular complexity index is 424. The highest BCUT2D eigenvalue weighted by atomic mass is 19.4. The average Bonchev–Trinajstić information content (AvgIpc) is 2.41. The van der Waals surface area contributed by atoms with Gasteiger partial charge in [-0.1, -0.05) is 6.07 Å². The Kier molecular flexibility index (Phi) is 6.09. The fourth-order valence-electron chi connectivity index (χ4n) is 1.68. The molecule has 0 aliphatic carbocycles. The van der Waals surface area contributed by atoms with Crippen LogP contribution in [-0.4, -0.2) is 33.7 Å². The van der Waals surface area contributed by atoms with E-state index in [4.69, 9.17) is 9.47 Å². The minimum atomic E-state index is -4.59. The number of halogens is 3. The largest absolute Gasteiger partial charge is 0.522 e. The smallest absolute Gasteiger partial charge is 0.493 e. The van der Waals surface area contributed by atoms with Crippen LogP contribution in [-0.2, 0) is 4.74 Å². The number of hydrogen-bond acceptors (Lipinski definition) is 4. The molecule has 0 saturated carbocycles. The van der Waals surface area contributed by atoms with Gasteiger partial charge in [0.05, 0.1) is 20.8 Å². The molecular formula is C13H18F3NO3. The molecule has 7 heteroatoms. The highest BCUT2D eigenvalue weighted by Gasteiger charge is 2.28. The van der Waals surface area contributed by atoms with Crippen molar-refractivity contribution >= 4 is 0 Å². The van der Waals surface area contributed by atoms with Gasteiger partial charge in [-0.05, 0) is 24.6 Å². The van der Waals surface area contributed by atoms with Crippen molar-refractivity contribution in [2.24, 2.45) is 0 Å². The maximum absolute atomic E-state index is 11.8. The van der Waals surface area contributed by atoms with Gasteiger partial charge in [-0.25, -0.2) is 0 Å². The molecule has 0 aliphatic rings. The average molecular weight is 293 g/mol. The molecule has 0 aromatic heterocycles. The molecule has 1 aromatic rings. The normalized spacial score (nSPS) is 13.1. The Morgan fingerprint density at radius 2 is 1.80 bits per heavy atom. The molecule has 0 saturated heterocycles. The van der Waals surface area contributed by atoms with Crippen molar-refractivity contribution in [3.63, 3.8) is 0 Å². The number of nitrogens with one attached hydrogen (secondary N) is 1. The van der Waals surface area contributed by atoms with Gasteiger partial charge in [-0.15, -0.1) is 13.2 Å². The second kappa shape index (κ2) is 7.35. The molecule has 20 heavy (non-hydrogen) atoms. The molecule has 114 valence electrons. The zero-order valence-corrected chi connectivity index (χ0v) is 11.6. The van der Waals surface area contributed by atoms with Crippen molar-refractivity contribution < 1.29 is 27.4 Å². The van der Waals surface area contributed by atoms with Gasteiger partial charge >= 0.3 is 6.36 Å². The van der Waals surface area contributed by atoms with Crippen molar-refractivity contribution in [3.8, 4) is 11.5 Å². The van der Waals surface area contributed by atoms with Gasteiger partial charge in [0.15, 0.2) is 11.5 Å². The first-order chi connectivity index (χ1) is 9.37. The lowest BCUT2D eigenvalue weighted by Gasteiger charge is -2.17. The third-order valence-electron chi connectivity index (χ3n) is 2.73. The predicted molar refractivity (Wildman–Crippen MR) is 68.0 cm³/mol. The molecule has 0 aliphatic heterocycles. The zero-order chi connectivity index (χ0) is 15.2. The first-order valence-electron chi connectivity index (χ1n) is 6.03. The molecule has 0 radical (unpaired) electrons. The Labute approximate surface area is 115 Å². The minimum absolute atomic E-state index is 0.0923. The fraction of sp³-hybridized carbons (Fsp3) is 0.538. The second-order valence-electron chi connectivity index (χ2n) is 4.08. The molecule has 0 amide bonds. The van der Waals surface area contributed by atoms with Crippen molar-refractivity contribution in [1.29, 1.82) is 0 Å². The number of rotatable bonds is 7. The Morgan fingerprint density at radius 1 is 1.15 bits per heavy atom. The molecule has 0 bridgehead atoms. The van der Waals surface area contributed by atoms with Crippen LogP contribution in [0.25, 0.3) is 0 Å². The summed E-state index contributed by atoms with van der Waals surface area (Å²) in [5.41, 5.74) is 0.884. The van der Waals surface area contributed by atoms with Crippen LogP contribution in [0.4, 0.5) is 13.2 Å². The number of hydrogen-bond donors (Lipinski definition) is 1. The molecule has 0 spiro atoms. The SMILES string of the molecule is COc1ccc(C(C)NCCOC(F)(F)F)cc1OC. The number of alkyl halides is 3. The van der Waals surface area contributed by atoms with Crippen LogP contribution >= 0.6 is 0 Å². The summed E-state index contributed by atoms with van der Waals surface area (Å²) in [6.45, 7) is 1.50. The van der Waals surface area contributed by atoms with Crippen LogP contribution in [0, 0.1) is 0 Å². The van der Waals surface area contributed by atoms with Crippen LogP contribution in [0.15, 0.2) is 18.2 Å². The van der Waals surface area contributed by atoms with Gasteiger partial charge in [-0.2, -0.15) is 0 Å². The van der Waals surface area contributed by atoms with E-state index in [0.717, 1.165) is 5.56 Å². The first-order valence-corrected chi connectivity index (χ1v) is 6.03. The fourth-order valence-corrected chi connectivity index (χ4v) is 1.68. The number of ether oxygens (including phenoxy) is 3. The van der Waals surface area contributed by atoms with Gasteiger partial charge in [0.1, 0.15) is 0 Å². The van der Waals surface area contributed by atoms with E-state index in [0.29, 0.717) is 11.5 Å². The predicted octanol–water partition coefficient (Wildman–Crippen LogP) is 2.89. The monoisotopic (exact) mass is 293 g/mol.